The van der Waals surface area contributed by atoms with Gasteiger partial charge in [0.05, 0.1) is 0 Å². The first-order valence-electron chi connectivity index (χ1n) is 10.3. The first-order valence-corrected chi connectivity index (χ1v) is 10.8. The Morgan fingerprint density at radius 1 is 1.30 bits per heavy atom. The van der Waals surface area contributed by atoms with Gasteiger partial charge in [-0.3, -0.25) is 25.3 Å². The third-order valence-corrected chi connectivity index (χ3v) is 7.36. The lowest BCUT2D eigenvalue weighted by atomic mass is 9.86. The van der Waals surface area contributed by atoms with E-state index in [1.165, 1.54) is 0 Å². The fourth-order valence-electron chi connectivity index (χ4n) is 5.52. The minimum Gasteiger partial charge on any atom is -0.314 e. The molecule has 0 aromatic carbocycles. The molecule has 4 aliphatic heterocycles. The zero-order valence-electron chi connectivity index (χ0n) is 16.0. The van der Waals surface area contributed by atoms with Gasteiger partial charge < -0.3 is 5.32 Å². The van der Waals surface area contributed by atoms with Crippen molar-refractivity contribution in [1.29, 1.82) is 0 Å². The average Bonchev–Trinajstić information content (AvgIpc) is 3.08. The van der Waals surface area contributed by atoms with Crippen molar-refractivity contribution >= 4 is 17.5 Å². The summed E-state index contributed by atoms with van der Waals surface area (Å²) in [6, 6.07) is 1.28. The third kappa shape index (κ3) is 3.97. The van der Waals surface area contributed by atoms with Crippen molar-refractivity contribution in [1.82, 2.24) is 31.3 Å². The Morgan fingerprint density at radius 3 is 2.93 bits per heavy atom. The zero-order chi connectivity index (χ0) is 19.0. The number of piperidine rings is 2. The molecule has 0 aliphatic carbocycles. The van der Waals surface area contributed by atoms with Crippen LogP contribution in [0.15, 0.2) is 0 Å². The van der Waals surface area contributed by atoms with Crippen LogP contribution in [0.4, 0.5) is 4.39 Å². The molecule has 7 nitrogen and oxygen atoms in total. The molecule has 4 aliphatic rings. The van der Waals surface area contributed by atoms with E-state index in [2.05, 4.69) is 38.2 Å². The van der Waals surface area contributed by atoms with Crippen molar-refractivity contribution in [2.24, 2.45) is 5.92 Å². The van der Waals surface area contributed by atoms with E-state index < -0.39 is 11.5 Å². The van der Waals surface area contributed by atoms with E-state index in [1.807, 2.05) is 0 Å². The summed E-state index contributed by atoms with van der Waals surface area (Å²) in [6.45, 7) is 7.00. The number of amides is 1. The molecule has 0 radical (unpaired) electrons. The lowest BCUT2D eigenvalue weighted by Crippen LogP contribution is -2.65. The molecule has 0 spiro atoms. The molecule has 0 bridgehead atoms. The Balaban J connectivity index is 1.39. The Morgan fingerprint density at radius 2 is 2.15 bits per heavy atom. The monoisotopic (exact) mass is 402 g/mol. The molecule has 4 saturated heterocycles. The number of likely N-dealkylation sites (tertiary alicyclic amines) is 1. The molecule has 0 saturated carbocycles. The van der Waals surface area contributed by atoms with Crippen LogP contribution in [0.3, 0.4) is 0 Å². The maximum absolute atomic E-state index is 13.9. The Labute approximate surface area is 165 Å². The van der Waals surface area contributed by atoms with Crippen LogP contribution in [0.1, 0.15) is 26.2 Å². The minimum atomic E-state index is -0.725. The second-order valence-electron chi connectivity index (χ2n) is 8.40. The zero-order valence-corrected chi connectivity index (χ0v) is 16.7. The summed E-state index contributed by atoms with van der Waals surface area (Å²) in [5.74, 6) is 0.225. The summed E-state index contributed by atoms with van der Waals surface area (Å²) in [5.41, 5.74) is 5.57. The Kier molecular flexibility index (Phi) is 6.21. The van der Waals surface area contributed by atoms with Gasteiger partial charge in [0.15, 0.2) is 0 Å². The third-order valence-electron chi connectivity index (χ3n) is 6.87. The van der Waals surface area contributed by atoms with E-state index in [0.717, 1.165) is 39.1 Å². The standard InChI is InChI=1S/C18H32ClFN6O/c1-2-14(11-5-12(20)7-21-6-11)26-10-22-13-9-25(4-3-15(13)26)16-8-23-24-18(27)17(16)19/h11-17,21-23H,2-10H2,1H3,(H,24,27)/t11?,12?,13?,14-,15?,16?,17?/m0/s1. The summed E-state index contributed by atoms with van der Waals surface area (Å²) in [5, 5.41) is 6.42. The smallest absolute Gasteiger partial charge is 0.253 e. The number of carbonyl (C=O) groups excluding carboxylic acids is 1. The molecule has 27 heavy (non-hydrogen) atoms. The summed E-state index contributed by atoms with van der Waals surface area (Å²) < 4.78 is 13.9. The molecule has 4 fully saturated rings. The van der Waals surface area contributed by atoms with E-state index in [4.69, 9.17) is 11.6 Å². The van der Waals surface area contributed by atoms with E-state index in [9.17, 15) is 9.18 Å². The number of hydrogen-bond donors (Lipinski definition) is 4. The lowest BCUT2D eigenvalue weighted by Gasteiger charge is -2.46. The highest BCUT2D eigenvalue weighted by Crippen LogP contribution is 2.31. The number of alkyl halides is 2. The summed E-state index contributed by atoms with van der Waals surface area (Å²) in [4.78, 5) is 16.8. The highest BCUT2D eigenvalue weighted by Gasteiger charge is 2.45. The van der Waals surface area contributed by atoms with E-state index >= 15 is 0 Å². The molecular formula is C18H32ClFN6O. The SMILES string of the molecule is CC[C@@H](C1CNCC(F)C1)N1CNC2CN(C3CNNC(=O)C3Cl)CCC21. The maximum atomic E-state index is 13.9. The van der Waals surface area contributed by atoms with Crippen LogP contribution < -0.4 is 21.5 Å². The quantitative estimate of drug-likeness (QED) is 0.481. The summed E-state index contributed by atoms with van der Waals surface area (Å²) in [7, 11) is 0. The largest absolute Gasteiger partial charge is 0.314 e. The molecule has 154 valence electrons. The number of rotatable bonds is 4. The fraction of sp³-hybridized carbons (Fsp3) is 0.944. The van der Waals surface area contributed by atoms with Gasteiger partial charge in [-0.1, -0.05) is 6.92 Å². The maximum Gasteiger partial charge on any atom is 0.253 e. The van der Waals surface area contributed by atoms with Gasteiger partial charge in [0.25, 0.3) is 5.91 Å². The number of nitrogens with one attached hydrogen (secondary N) is 4. The van der Waals surface area contributed by atoms with Crippen LogP contribution in [0.25, 0.3) is 0 Å². The van der Waals surface area contributed by atoms with Gasteiger partial charge in [-0.25, -0.2) is 9.82 Å². The highest BCUT2D eigenvalue weighted by molar-refractivity contribution is 6.31. The van der Waals surface area contributed by atoms with Crippen LogP contribution in [0, 0.1) is 5.92 Å². The van der Waals surface area contributed by atoms with Gasteiger partial charge in [0, 0.05) is 57.0 Å². The molecule has 4 heterocycles. The van der Waals surface area contributed by atoms with Crippen molar-refractivity contribution in [2.45, 2.75) is 61.9 Å². The normalized spacial score (nSPS) is 42.6. The van der Waals surface area contributed by atoms with Gasteiger partial charge in [-0.15, -0.1) is 11.6 Å². The van der Waals surface area contributed by atoms with Crippen molar-refractivity contribution in [2.75, 3.05) is 39.4 Å². The van der Waals surface area contributed by atoms with Crippen LogP contribution in [0.2, 0.25) is 0 Å². The van der Waals surface area contributed by atoms with E-state index in [0.29, 0.717) is 43.6 Å². The Hall–Kier alpha value is -0.510. The molecule has 0 aromatic rings. The second kappa shape index (κ2) is 8.47. The first kappa shape index (κ1) is 19.8. The van der Waals surface area contributed by atoms with Gasteiger partial charge in [0.1, 0.15) is 11.5 Å². The highest BCUT2D eigenvalue weighted by atomic mass is 35.5. The second-order valence-corrected chi connectivity index (χ2v) is 8.87. The predicted molar refractivity (Wildman–Crippen MR) is 103 cm³/mol. The number of hydrazine groups is 1. The van der Waals surface area contributed by atoms with Crippen molar-refractivity contribution < 1.29 is 9.18 Å². The number of hydrogen-bond acceptors (Lipinski definition) is 6. The van der Waals surface area contributed by atoms with Crippen LogP contribution in [-0.2, 0) is 4.79 Å². The molecule has 1 amide bonds. The molecule has 9 heteroatoms. The minimum absolute atomic E-state index is 0.0222. The van der Waals surface area contributed by atoms with E-state index in [1.54, 1.807) is 0 Å². The van der Waals surface area contributed by atoms with E-state index in [-0.39, 0.29) is 11.9 Å². The van der Waals surface area contributed by atoms with Gasteiger partial charge in [0.2, 0.25) is 0 Å². The number of nitrogens with zero attached hydrogens (tertiary/aromatic N) is 2. The molecule has 6 unspecified atom stereocenters. The first-order chi connectivity index (χ1) is 13.1. The Bertz CT molecular complexity index is 542. The van der Waals surface area contributed by atoms with Crippen LogP contribution >= 0.6 is 11.6 Å². The molecule has 0 aromatic heterocycles. The topological polar surface area (TPSA) is 71.7 Å². The molecule has 4 N–H and O–H groups in total. The van der Waals surface area contributed by atoms with Gasteiger partial charge in [-0.2, -0.15) is 0 Å². The molecule has 7 atom stereocenters. The average molecular weight is 403 g/mol. The van der Waals surface area contributed by atoms with Crippen molar-refractivity contribution in [3.05, 3.63) is 0 Å². The number of carbonyl (C=O) groups is 1. The van der Waals surface area contributed by atoms with Crippen molar-refractivity contribution in [3.8, 4) is 0 Å². The lowest BCUT2D eigenvalue weighted by molar-refractivity contribution is -0.125. The number of halogens is 2. The fourth-order valence-corrected chi connectivity index (χ4v) is 5.83. The number of fused-ring (bicyclic) bond motifs is 1. The summed E-state index contributed by atoms with van der Waals surface area (Å²) >= 11 is 6.36. The van der Waals surface area contributed by atoms with Crippen molar-refractivity contribution in [3.63, 3.8) is 0 Å². The summed E-state index contributed by atoms with van der Waals surface area (Å²) in [6.07, 6.45) is 2.04. The molecule has 4 rings (SSSR count). The molecular weight excluding hydrogens is 371 g/mol. The van der Waals surface area contributed by atoms with Gasteiger partial charge >= 0.3 is 0 Å². The van der Waals surface area contributed by atoms with Crippen LogP contribution in [0.5, 0.6) is 0 Å². The van der Waals surface area contributed by atoms with Crippen LogP contribution in [-0.4, -0.2) is 90.8 Å². The van der Waals surface area contributed by atoms with Gasteiger partial charge in [-0.05, 0) is 31.7 Å². The predicted octanol–water partition coefficient (Wildman–Crippen LogP) is -0.371.